The van der Waals surface area contributed by atoms with Crippen LogP contribution in [0, 0.1) is 11.3 Å². The van der Waals surface area contributed by atoms with E-state index < -0.39 is 11.9 Å². The van der Waals surface area contributed by atoms with Gasteiger partial charge in [-0.3, -0.25) is 14.5 Å². The molecule has 1 fully saturated rings. The number of carbonyl (C=O) groups is 4. The molecule has 1 N–H and O–H groups in total. The van der Waals surface area contributed by atoms with Gasteiger partial charge in [0, 0.05) is 41.5 Å². The van der Waals surface area contributed by atoms with E-state index in [1.54, 1.807) is 24.3 Å². The predicted octanol–water partition coefficient (Wildman–Crippen LogP) is 9.53. The summed E-state index contributed by atoms with van der Waals surface area (Å²) < 4.78 is 47.2. The molecule has 1 aliphatic carbocycles. The molecule has 3 aliphatic rings. The molecule has 350 valence electrons. The van der Waals surface area contributed by atoms with E-state index in [0.29, 0.717) is 77.9 Å². The van der Waals surface area contributed by atoms with E-state index in [9.17, 15) is 24.4 Å². The van der Waals surface area contributed by atoms with E-state index in [4.69, 9.17) is 37.9 Å². The number of benzene rings is 4. The van der Waals surface area contributed by atoms with Crippen LogP contribution in [0.2, 0.25) is 0 Å². The Labute approximate surface area is 397 Å². The number of ether oxygens (including phenoxy) is 8. The lowest BCUT2D eigenvalue weighted by atomic mass is 9.82. The molecule has 15 nitrogen and oxygen atoms in total. The Hall–Kier alpha value is -7.77. The predicted molar refractivity (Wildman–Crippen MR) is 254 cm³/mol. The van der Waals surface area contributed by atoms with Crippen molar-refractivity contribution in [3.63, 3.8) is 0 Å². The van der Waals surface area contributed by atoms with E-state index >= 15 is 0 Å². The summed E-state index contributed by atoms with van der Waals surface area (Å²) in [5.41, 5.74) is 4.20. The van der Waals surface area contributed by atoms with E-state index in [-0.39, 0.29) is 63.6 Å². The number of nitrogens with zero attached hydrogens (tertiary/aromatic N) is 2. The van der Waals surface area contributed by atoms with Crippen molar-refractivity contribution in [1.29, 1.82) is 5.26 Å². The Morgan fingerprint density at radius 2 is 1.62 bits per heavy atom. The van der Waals surface area contributed by atoms with Crippen molar-refractivity contribution in [2.45, 2.75) is 50.5 Å². The Kier molecular flexibility index (Phi) is 15.2. The molecule has 68 heavy (non-hydrogen) atoms. The van der Waals surface area contributed by atoms with Crippen LogP contribution >= 0.6 is 11.3 Å². The van der Waals surface area contributed by atoms with Crippen molar-refractivity contribution >= 4 is 55.9 Å². The summed E-state index contributed by atoms with van der Waals surface area (Å²) in [6.45, 7) is 8.62. The van der Waals surface area contributed by atoms with Crippen LogP contribution in [0.15, 0.2) is 110 Å². The van der Waals surface area contributed by atoms with Crippen LogP contribution in [-0.2, 0) is 28.6 Å². The van der Waals surface area contributed by atoms with Gasteiger partial charge < -0.3 is 43.2 Å². The number of nitriles is 1. The Balaban J connectivity index is 0.972. The quantitative estimate of drug-likeness (QED) is 0.0228. The van der Waals surface area contributed by atoms with Crippen molar-refractivity contribution in [2.24, 2.45) is 0 Å². The number of nitrogens with one attached hydrogen (secondary N) is 1. The normalized spacial score (nSPS) is 16.0. The molecule has 0 unspecified atom stereocenters. The lowest BCUT2D eigenvalue weighted by molar-refractivity contribution is -0.138. The molecule has 1 aromatic heterocycles. The molecule has 4 aromatic carbocycles. The first kappa shape index (κ1) is 46.7. The molecule has 8 rings (SSSR count). The van der Waals surface area contributed by atoms with Crippen LogP contribution < -0.4 is 29.0 Å². The molecule has 0 spiro atoms. The second kappa shape index (κ2) is 22.1. The maximum Gasteiger partial charge on any atom is 0.338 e. The maximum absolute atomic E-state index is 13.3. The first-order valence-corrected chi connectivity index (χ1v) is 23.1. The number of amides is 2. The number of anilines is 2. The molecule has 1 saturated carbocycles. The highest BCUT2D eigenvalue weighted by molar-refractivity contribution is 7.22. The van der Waals surface area contributed by atoms with Crippen LogP contribution in [0.1, 0.15) is 65.9 Å². The smallest absolute Gasteiger partial charge is 0.338 e. The van der Waals surface area contributed by atoms with Crippen LogP contribution in [0.5, 0.6) is 28.7 Å². The largest absolute Gasteiger partial charge is 0.498 e. The fourth-order valence-corrected chi connectivity index (χ4v) is 9.11. The zero-order valence-electron chi connectivity index (χ0n) is 37.2. The summed E-state index contributed by atoms with van der Waals surface area (Å²) in [6.07, 6.45) is 8.36. The van der Waals surface area contributed by atoms with Gasteiger partial charge in [0.1, 0.15) is 25.1 Å². The van der Waals surface area contributed by atoms with Gasteiger partial charge in [0.15, 0.2) is 23.0 Å². The summed E-state index contributed by atoms with van der Waals surface area (Å²) in [5.74, 6) is 1.32. The van der Waals surface area contributed by atoms with Gasteiger partial charge in [0.25, 0.3) is 11.8 Å². The van der Waals surface area contributed by atoms with E-state index in [1.165, 1.54) is 34.7 Å². The lowest BCUT2D eigenvalue weighted by Crippen LogP contribution is -2.31. The minimum Gasteiger partial charge on any atom is -0.498 e. The summed E-state index contributed by atoms with van der Waals surface area (Å²) in [4.78, 5) is 49.7. The van der Waals surface area contributed by atoms with Gasteiger partial charge in [-0.2, -0.15) is 5.26 Å². The second-order valence-corrected chi connectivity index (χ2v) is 17.1. The number of hydrogen-bond donors (Lipinski definition) is 1. The zero-order chi connectivity index (χ0) is 47.4. The highest BCUT2D eigenvalue weighted by Crippen LogP contribution is 2.46. The SMILES string of the molecule is C=COCCOc1cc(C2CCC(OC(=O)c3ccc(OCCCN4C(=O)C=CC4=O)cc3)CC2)cc(Nc2cc3cc(C#N)c(-c4ccc5c(c4)OCO5)cc3s2)c1OCCCOC(=O)C=C. The fraction of sp³-hybridized carbons (Fsp3) is 0.288. The van der Waals surface area contributed by atoms with Gasteiger partial charge in [-0.25, -0.2) is 9.59 Å². The van der Waals surface area contributed by atoms with Crippen LogP contribution in [-0.4, -0.2) is 81.1 Å². The molecular formula is C52H49N3O12S. The average Bonchev–Trinajstić information content (AvgIpc) is 4.09. The molecule has 0 bridgehead atoms. The van der Waals surface area contributed by atoms with Gasteiger partial charge in [0.05, 0.1) is 54.0 Å². The van der Waals surface area contributed by atoms with Gasteiger partial charge in [-0.15, -0.1) is 11.3 Å². The summed E-state index contributed by atoms with van der Waals surface area (Å²) in [7, 11) is 0. The third kappa shape index (κ3) is 11.4. The number of rotatable bonds is 22. The monoisotopic (exact) mass is 939 g/mol. The number of carbonyl (C=O) groups excluding carboxylic acids is 4. The van der Waals surface area contributed by atoms with Crippen LogP contribution in [0.25, 0.3) is 21.2 Å². The third-order valence-corrected chi connectivity index (χ3v) is 12.5. The molecule has 2 amide bonds. The van der Waals surface area contributed by atoms with Gasteiger partial charge in [0.2, 0.25) is 6.79 Å². The minimum atomic E-state index is -0.515. The molecule has 2 aliphatic heterocycles. The van der Waals surface area contributed by atoms with E-state index in [1.807, 2.05) is 42.5 Å². The number of hydrogen-bond acceptors (Lipinski definition) is 15. The fourth-order valence-electron chi connectivity index (χ4n) is 8.12. The highest BCUT2D eigenvalue weighted by Gasteiger charge is 2.28. The van der Waals surface area contributed by atoms with Crippen molar-refractivity contribution in [3.05, 3.63) is 127 Å². The van der Waals surface area contributed by atoms with Crippen LogP contribution in [0.4, 0.5) is 10.7 Å². The average molecular weight is 940 g/mol. The Morgan fingerprint density at radius 3 is 2.38 bits per heavy atom. The van der Waals surface area contributed by atoms with Gasteiger partial charge in [-0.1, -0.05) is 19.2 Å². The second-order valence-electron chi connectivity index (χ2n) is 16.0. The molecule has 3 heterocycles. The van der Waals surface area contributed by atoms with Crippen molar-refractivity contribution < 1.29 is 57.1 Å². The molecule has 16 heteroatoms. The van der Waals surface area contributed by atoms with E-state index in [0.717, 1.165) is 50.7 Å². The van der Waals surface area contributed by atoms with E-state index in [2.05, 4.69) is 30.6 Å². The number of thiophene rings is 1. The highest BCUT2D eigenvalue weighted by atomic mass is 32.1. The summed E-state index contributed by atoms with van der Waals surface area (Å²) in [5, 5.41) is 15.5. The van der Waals surface area contributed by atoms with Gasteiger partial charge >= 0.3 is 11.9 Å². The van der Waals surface area contributed by atoms with Crippen LogP contribution in [0.3, 0.4) is 0 Å². The maximum atomic E-state index is 13.3. The number of imide groups is 1. The van der Waals surface area contributed by atoms with Gasteiger partial charge in [-0.05, 0) is 121 Å². The molecule has 0 atom stereocenters. The zero-order valence-corrected chi connectivity index (χ0v) is 38.0. The standard InChI is InChI=1S/C52H49N3O12S/c1-3-50(58)63-21-6-22-64-51-42(54-47-29-37-25-38(31-53)41(30-46(37)68-47)35-11-16-43-44(27-35)66-32-65-43)26-36(28-45(51)62-24-23-60-4-2)33-7-14-40(15-8-33)67-52(59)34-9-12-39(13-10-34)61-20-5-19-55-48(56)17-18-49(55)57/h3-4,9-13,16-18,25-30,33,40,54H,1-2,5-8,14-15,19-24,32H2. The molecular weight excluding hydrogens is 891 g/mol. The third-order valence-electron chi connectivity index (χ3n) is 11.5. The Bertz CT molecular complexity index is 2750. The topological polar surface area (TPSA) is 181 Å². The first-order valence-electron chi connectivity index (χ1n) is 22.3. The Morgan fingerprint density at radius 1 is 0.838 bits per heavy atom. The number of fused-ring (bicyclic) bond motifs is 2. The van der Waals surface area contributed by atoms with Crippen molar-refractivity contribution in [1.82, 2.24) is 4.90 Å². The van der Waals surface area contributed by atoms with Crippen molar-refractivity contribution in [2.75, 3.05) is 51.7 Å². The minimum absolute atomic E-state index is 0.101. The molecule has 5 aromatic rings. The summed E-state index contributed by atoms with van der Waals surface area (Å²) >= 11 is 1.53. The number of esters is 2. The first-order chi connectivity index (χ1) is 33.2. The molecule has 0 radical (unpaired) electrons. The van der Waals surface area contributed by atoms with Crippen molar-refractivity contribution in [3.8, 4) is 45.9 Å². The lowest BCUT2D eigenvalue weighted by Gasteiger charge is -2.29. The summed E-state index contributed by atoms with van der Waals surface area (Å²) in [6, 6.07) is 24.6. The molecule has 0 saturated heterocycles.